The van der Waals surface area contributed by atoms with Crippen LogP contribution in [0.2, 0.25) is 10.0 Å². The second-order valence-electron chi connectivity index (χ2n) is 5.18. The van der Waals surface area contributed by atoms with Gasteiger partial charge >= 0.3 is 0 Å². The minimum Gasteiger partial charge on any atom is -0.341 e. The van der Waals surface area contributed by atoms with Gasteiger partial charge in [-0.25, -0.2) is 0 Å². The molecular weight excluding hydrogens is 283 g/mol. The molecule has 2 atom stereocenters. The molecule has 2 rings (SSSR count). The van der Waals surface area contributed by atoms with Gasteiger partial charge in [0.1, 0.15) is 0 Å². The van der Waals surface area contributed by atoms with Gasteiger partial charge in [-0.15, -0.1) is 0 Å². The average Bonchev–Trinajstić information content (AvgIpc) is 2.79. The van der Waals surface area contributed by atoms with Crippen molar-refractivity contribution in [3.8, 4) is 0 Å². The molecule has 0 bridgehead atoms. The number of benzene rings is 1. The van der Waals surface area contributed by atoms with Gasteiger partial charge in [-0.1, -0.05) is 36.2 Å². The van der Waals surface area contributed by atoms with E-state index >= 15 is 0 Å². The van der Waals surface area contributed by atoms with Gasteiger partial charge in [-0.05, 0) is 30.2 Å². The number of halogens is 2. The van der Waals surface area contributed by atoms with Crippen molar-refractivity contribution in [2.24, 2.45) is 11.8 Å². The molecule has 0 spiro atoms. The van der Waals surface area contributed by atoms with Crippen molar-refractivity contribution in [1.29, 1.82) is 0 Å². The molecule has 3 nitrogen and oxygen atoms in total. The van der Waals surface area contributed by atoms with Crippen LogP contribution in [0.3, 0.4) is 0 Å². The fourth-order valence-corrected chi connectivity index (χ4v) is 2.73. The molecule has 5 heteroatoms. The van der Waals surface area contributed by atoms with Gasteiger partial charge in [0.2, 0.25) is 5.91 Å². The van der Waals surface area contributed by atoms with Crippen LogP contribution in [0.5, 0.6) is 0 Å². The Morgan fingerprint density at radius 1 is 1.37 bits per heavy atom. The first-order valence-corrected chi connectivity index (χ1v) is 7.14. The third-order valence-electron chi connectivity index (χ3n) is 3.61. The topological polar surface area (TPSA) is 32.3 Å². The monoisotopic (exact) mass is 300 g/mol. The summed E-state index contributed by atoms with van der Waals surface area (Å²) in [5.74, 6) is 0.653. The first-order chi connectivity index (χ1) is 8.99. The van der Waals surface area contributed by atoms with Gasteiger partial charge in [-0.3, -0.25) is 4.79 Å². The Morgan fingerprint density at radius 2 is 2.11 bits per heavy atom. The molecule has 0 radical (unpaired) electrons. The van der Waals surface area contributed by atoms with Crippen LogP contribution in [0.15, 0.2) is 18.2 Å². The van der Waals surface area contributed by atoms with Crippen LogP contribution in [0.25, 0.3) is 0 Å². The van der Waals surface area contributed by atoms with Gasteiger partial charge < -0.3 is 10.2 Å². The first-order valence-electron chi connectivity index (χ1n) is 6.38. The summed E-state index contributed by atoms with van der Waals surface area (Å²) in [5, 5.41) is 4.31. The predicted molar refractivity (Wildman–Crippen MR) is 78.5 cm³/mol. The Hall–Kier alpha value is -0.770. The van der Waals surface area contributed by atoms with Gasteiger partial charge in [0.15, 0.2) is 0 Å². The van der Waals surface area contributed by atoms with E-state index in [9.17, 15) is 4.79 Å². The second kappa shape index (κ2) is 6.12. The third-order valence-corrected chi connectivity index (χ3v) is 4.35. The molecule has 1 aliphatic rings. The zero-order valence-electron chi connectivity index (χ0n) is 11.1. The number of nitrogens with one attached hydrogen (secondary N) is 1. The highest BCUT2D eigenvalue weighted by atomic mass is 35.5. The van der Waals surface area contributed by atoms with Crippen LogP contribution in [0.4, 0.5) is 0 Å². The van der Waals surface area contributed by atoms with E-state index in [1.165, 1.54) is 0 Å². The lowest BCUT2D eigenvalue weighted by Crippen LogP contribution is -2.35. The zero-order chi connectivity index (χ0) is 14.0. The Bertz CT molecular complexity index is 479. The van der Waals surface area contributed by atoms with Crippen molar-refractivity contribution >= 4 is 29.1 Å². The quantitative estimate of drug-likeness (QED) is 0.931. The SMILES string of the molecule is C[C@@H]1CNC[C@H]1C(=O)N(C)Cc1ccc(Cl)c(Cl)c1. The maximum Gasteiger partial charge on any atom is 0.227 e. The minimum atomic E-state index is 0.0766. The summed E-state index contributed by atoms with van der Waals surface area (Å²) in [6.07, 6.45) is 0. The van der Waals surface area contributed by atoms with Crippen molar-refractivity contribution in [3.63, 3.8) is 0 Å². The summed E-state index contributed by atoms with van der Waals surface area (Å²) in [5.41, 5.74) is 0.990. The fourth-order valence-electron chi connectivity index (χ4n) is 2.41. The molecule has 1 aromatic carbocycles. The number of hydrogen-bond donors (Lipinski definition) is 1. The Balaban J connectivity index is 2.01. The van der Waals surface area contributed by atoms with E-state index in [1.54, 1.807) is 11.0 Å². The molecule has 1 N–H and O–H groups in total. The van der Waals surface area contributed by atoms with E-state index < -0.39 is 0 Å². The predicted octanol–water partition coefficient (Wildman–Crippen LogP) is 2.81. The molecule has 0 aliphatic carbocycles. The molecule has 1 heterocycles. The van der Waals surface area contributed by atoms with Crippen molar-refractivity contribution < 1.29 is 4.79 Å². The van der Waals surface area contributed by atoms with Crippen LogP contribution < -0.4 is 5.32 Å². The van der Waals surface area contributed by atoms with Gasteiger partial charge in [0, 0.05) is 20.1 Å². The molecule has 0 saturated carbocycles. The molecule has 19 heavy (non-hydrogen) atoms. The number of nitrogens with zero attached hydrogens (tertiary/aromatic N) is 1. The molecule has 1 aromatic rings. The van der Waals surface area contributed by atoms with Crippen LogP contribution in [-0.4, -0.2) is 30.9 Å². The molecule has 1 aliphatic heterocycles. The number of hydrogen-bond acceptors (Lipinski definition) is 2. The lowest BCUT2D eigenvalue weighted by atomic mass is 9.96. The van der Waals surface area contributed by atoms with E-state index in [4.69, 9.17) is 23.2 Å². The molecule has 1 saturated heterocycles. The van der Waals surface area contributed by atoms with Crippen molar-refractivity contribution in [2.75, 3.05) is 20.1 Å². The lowest BCUT2D eigenvalue weighted by molar-refractivity contribution is -0.135. The van der Waals surface area contributed by atoms with Crippen molar-refractivity contribution in [3.05, 3.63) is 33.8 Å². The first kappa shape index (κ1) is 14.6. The Kier molecular flexibility index (Phi) is 4.71. The molecule has 0 aromatic heterocycles. The minimum absolute atomic E-state index is 0.0766. The summed E-state index contributed by atoms with van der Waals surface area (Å²) in [6.45, 7) is 4.34. The smallest absolute Gasteiger partial charge is 0.227 e. The number of carbonyl (C=O) groups excluding carboxylic acids is 1. The molecule has 104 valence electrons. The highest BCUT2D eigenvalue weighted by Crippen LogP contribution is 2.24. The number of amides is 1. The van der Waals surface area contributed by atoms with E-state index in [0.717, 1.165) is 18.7 Å². The van der Waals surface area contributed by atoms with Crippen molar-refractivity contribution in [1.82, 2.24) is 10.2 Å². The summed E-state index contributed by atoms with van der Waals surface area (Å²) >= 11 is 11.9. The second-order valence-corrected chi connectivity index (χ2v) is 6.00. The highest BCUT2D eigenvalue weighted by Gasteiger charge is 2.31. The lowest BCUT2D eigenvalue weighted by Gasteiger charge is -2.23. The van der Waals surface area contributed by atoms with E-state index in [1.807, 2.05) is 19.2 Å². The largest absolute Gasteiger partial charge is 0.341 e. The maximum atomic E-state index is 12.3. The molecule has 1 amide bonds. The third kappa shape index (κ3) is 3.41. The van der Waals surface area contributed by atoms with E-state index in [2.05, 4.69) is 12.2 Å². The van der Waals surface area contributed by atoms with Gasteiger partial charge in [0.25, 0.3) is 0 Å². The standard InChI is InChI=1S/C14H18Cl2N2O/c1-9-6-17-7-11(9)14(19)18(2)8-10-3-4-12(15)13(16)5-10/h3-5,9,11,17H,6-8H2,1-2H3/t9-,11-/m1/s1. The van der Waals surface area contributed by atoms with E-state index in [-0.39, 0.29) is 11.8 Å². The number of rotatable bonds is 3. The fraction of sp³-hybridized carbons (Fsp3) is 0.500. The van der Waals surface area contributed by atoms with Crippen LogP contribution in [-0.2, 0) is 11.3 Å². The Labute approximate surface area is 123 Å². The van der Waals surface area contributed by atoms with Crippen molar-refractivity contribution in [2.45, 2.75) is 13.5 Å². The normalized spacial score (nSPS) is 22.5. The molecule has 0 unspecified atom stereocenters. The average molecular weight is 301 g/mol. The highest BCUT2D eigenvalue weighted by molar-refractivity contribution is 6.42. The zero-order valence-corrected chi connectivity index (χ0v) is 12.6. The summed E-state index contributed by atoms with van der Waals surface area (Å²) in [6, 6.07) is 5.47. The molecular formula is C14H18Cl2N2O. The maximum absolute atomic E-state index is 12.3. The number of carbonyl (C=O) groups is 1. The van der Waals surface area contributed by atoms with Gasteiger partial charge in [-0.2, -0.15) is 0 Å². The summed E-state index contributed by atoms with van der Waals surface area (Å²) in [4.78, 5) is 14.1. The van der Waals surface area contributed by atoms with E-state index in [0.29, 0.717) is 22.5 Å². The summed E-state index contributed by atoms with van der Waals surface area (Å²) < 4.78 is 0. The van der Waals surface area contributed by atoms with Gasteiger partial charge in [0.05, 0.1) is 16.0 Å². The van der Waals surface area contributed by atoms with Crippen LogP contribution in [0, 0.1) is 11.8 Å². The summed E-state index contributed by atoms with van der Waals surface area (Å²) in [7, 11) is 1.83. The Morgan fingerprint density at radius 3 is 2.68 bits per heavy atom. The van der Waals surface area contributed by atoms with Crippen LogP contribution >= 0.6 is 23.2 Å². The molecule has 1 fully saturated rings. The van der Waals surface area contributed by atoms with Crippen LogP contribution in [0.1, 0.15) is 12.5 Å².